The Balaban J connectivity index is 0.0000130. The molecule has 10 heteroatoms. The molecular formula is C60H100AlLiO8. The minimum absolute atomic E-state index is 0. The van der Waals surface area contributed by atoms with Crippen molar-refractivity contribution in [3.05, 3.63) is 0 Å². The fraction of sp³-hybridized carbons (Fsp3) is 0.867. The molecule has 0 bridgehead atoms. The van der Waals surface area contributed by atoms with Crippen molar-refractivity contribution in [2.24, 2.45) is 21.7 Å². The molecule has 4 rings (SSSR count). The predicted octanol–water partition coefficient (Wildman–Crippen LogP) is 11.1. The molecular weight excluding hydrogens is 883 g/mol. The third-order valence-corrected chi connectivity index (χ3v) is 17.4. The van der Waals surface area contributed by atoms with Gasteiger partial charge in [0.25, 0.3) is 0 Å². The molecule has 0 aromatic carbocycles. The largest absolute Gasteiger partial charge is 1.00 e. The Morgan fingerprint density at radius 2 is 0.600 bits per heavy atom. The Labute approximate surface area is 444 Å². The molecule has 4 fully saturated rings. The standard InChI is InChI=1S/4C15H25O2.Al.Li/c4*1-5-7-11-15(3,4)13(6-2)17-14-10-8-9-12-16-14;;/h4*13-14H,5,7-12H2,1,3-4H3;;/q;;;;-1;+1. The van der Waals surface area contributed by atoms with Crippen LogP contribution in [0, 0.1) is 64.5 Å². The maximum Gasteiger partial charge on any atom is 1.00 e. The summed E-state index contributed by atoms with van der Waals surface area (Å²) in [5.41, 5.74) is -1.08. The van der Waals surface area contributed by atoms with Crippen LogP contribution in [-0.2, 0) is 37.9 Å². The van der Waals surface area contributed by atoms with E-state index in [9.17, 15) is 0 Å². The third-order valence-electron chi connectivity index (χ3n) is 15.0. The van der Waals surface area contributed by atoms with Crippen LogP contribution < -0.4 is 18.9 Å². The Bertz CT molecular complexity index is 1460. The van der Waals surface area contributed by atoms with Crippen molar-refractivity contribution >= 4 is 13.1 Å². The zero-order chi connectivity index (χ0) is 50.2. The molecule has 4 aliphatic heterocycles. The Morgan fingerprint density at radius 3 is 0.771 bits per heavy atom. The number of hydrogen-bond acceptors (Lipinski definition) is 8. The Morgan fingerprint density at radius 1 is 0.386 bits per heavy atom. The van der Waals surface area contributed by atoms with E-state index >= 15 is 0 Å². The van der Waals surface area contributed by atoms with Gasteiger partial charge in [-0.2, -0.15) is 0 Å². The maximum absolute atomic E-state index is 6.99. The Hall–Kier alpha value is -0.950. The van der Waals surface area contributed by atoms with Crippen molar-refractivity contribution in [1.29, 1.82) is 0 Å². The van der Waals surface area contributed by atoms with Crippen LogP contribution in [0.4, 0.5) is 0 Å². The summed E-state index contributed by atoms with van der Waals surface area (Å²) in [5, 5.41) is 0. The molecule has 8 unspecified atom stereocenters. The average molecular weight is 983 g/mol. The normalized spacial score (nSPS) is 23.9. The van der Waals surface area contributed by atoms with Crippen molar-refractivity contribution in [2.45, 2.75) is 287 Å². The molecule has 0 aromatic heterocycles. The van der Waals surface area contributed by atoms with Crippen LogP contribution in [0.15, 0.2) is 0 Å². The second-order valence-electron chi connectivity index (χ2n) is 23.6. The molecule has 0 saturated carbocycles. The van der Waals surface area contributed by atoms with E-state index in [-0.39, 0.29) is 65.7 Å². The van der Waals surface area contributed by atoms with Gasteiger partial charge >= 0.3 is 31.9 Å². The molecule has 0 amide bonds. The minimum atomic E-state index is -4.12. The Kier molecular flexibility index (Phi) is 29.4. The molecule has 70 heavy (non-hydrogen) atoms. The quantitative estimate of drug-likeness (QED) is 0.0700. The first-order valence-electron chi connectivity index (χ1n) is 28.3. The van der Waals surface area contributed by atoms with Gasteiger partial charge in [0.2, 0.25) is 0 Å². The van der Waals surface area contributed by atoms with E-state index in [1.54, 1.807) is 0 Å². The van der Waals surface area contributed by atoms with E-state index in [1.807, 2.05) is 0 Å². The maximum atomic E-state index is 6.99. The molecule has 4 saturated heterocycles. The summed E-state index contributed by atoms with van der Waals surface area (Å²) >= 11 is -4.12. The molecule has 4 heterocycles. The molecule has 0 aliphatic carbocycles. The fourth-order valence-electron chi connectivity index (χ4n) is 9.61. The van der Waals surface area contributed by atoms with Crippen LogP contribution in [0.3, 0.4) is 0 Å². The van der Waals surface area contributed by atoms with Crippen molar-refractivity contribution in [2.75, 3.05) is 26.4 Å². The number of hydrogen-bond donors (Lipinski definition) is 0. The summed E-state index contributed by atoms with van der Waals surface area (Å²) in [7, 11) is 0. The summed E-state index contributed by atoms with van der Waals surface area (Å²) < 4.78 is 53.0. The first-order chi connectivity index (χ1) is 33.0. The van der Waals surface area contributed by atoms with Gasteiger partial charge in [0.1, 0.15) is 24.4 Å². The van der Waals surface area contributed by atoms with Crippen LogP contribution in [0.5, 0.6) is 0 Å². The zero-order valence-electron chi connectivity index (χ0n) is 47.3. The molecule has 0 radical (unpaired) electrons. The molecule has 8 atom stereocenters. The summed E-state index contributed by atoms with van der Waals surface area (Å²) in [5.74, 6) is 15.2. The molecule has 0 spiro atoms. The van der Waals surface area contributed by atoms with E-state index in [4.69, 9.17) is 37.9 Å². The second-order valence-corrected chi connectivity index (χ2v) is 26.5. The fourth-order valence-corrected chi connectivity index (χ4v) is 11.6. The molecule has 0 N–H and O–H groups in total. The van der Waals surface area contributed by atoms with Gasteiger partial charge in [0.15, 0.2) is 25.2 Å². The van der Waals surface area contributed by atoms with Gasteiger partial charge in [-0.05, 0) is 103 Å². The van der Waals surface area contributed by atoms with Crippen LogP contribution in [0.2, 0.25) is 0 Å². The smallest absolute Gasteiger partial charge is 0.353 e. The van der Waals surface area contributed by atoms with Gasteiger partial charge in [-0.1, -0.05) is 134 Å². The minimum Gasteiger partial charge on any atom is -0.353 e. The van der Waals surface area contributed by atoms with Crippen molar-refractivity contribution in [3.8, 4) is 42.8 Å². The molecule has 0 aromatic rings. The topological polar surface area (TPSA) is 73.8 Å². The van der Waals surface area contributed by atoms with Crippen LogP contribution >= 0.6 is 0 Å². The van der Waals surface area contributed by atoms with E-state index in [0.29, 0.717) is 26.4 Å². The summed E-state index contributed by atoms with van der Waals surface area (Å²) in [6.45, 7) is 30.1. The van der Waals surface area contributed by atoms with Gasteiger partial charge in [0.05, 0.1) is 0 Å². The first-order valence-corrected chi connectivity index (χ1v) is 30.6. The molecule has 8 nitrogen and oxygen atoms in total. The van der Waals surface area contributed by atoms with E-state index in [2.05, 4.69) is 126 Å². The SMILES string of the molecule is CCCCC(C)(C)C(C#[C][Al-]([C]#CC(OC1CCCCO1)C(C)(C)CCCC)([C]#CC(OC1CCCCO1)C(C)(C)CCCC)[C]#CC(OC1CCCCO1)C(C)(C)CCCC)OC1CCCCO1.[Li+]. The molecule has 392 valence electrons. The third kappa shape index (κ3) is 22.1. The van der Waals surface area contributed by atoms with Crippen molar-refractivity contribution < 1.29 is 56.8 Å². The van der Waals surface area contributed by atoms with Gasteiger partial charge < -0.3 is 57.0 Å². The zero-order valence-corrected chi connectivity index (χ0v) is 48.4. The molecule has 4 aliphatic rings. The van der Waals surface area contributed by atoms with Gasteiger partial charge in [-0.3, -0.25) is 0 Å². The summed E-state index contributed by atoms with van der Waals surface area (Å²) in [6, 6.07) is 0. The second kappa shape index (κ2) is 32.5. The van der Waals surface area contributed by atoms with E-state index in [0.717, 1.165) is 154 Å². The summed E-state index contributed by atoms with van der Waals surface area (Å²) in [6.07, 6.45) is 21.5. The van der Waals surface area contributed by atoms with Gasteiger partial charge in [-0.25, -0.2) is 0 Å². The van der Waals surface area contributed by atoms with Gasteiger partial charge in [-0.15, -0.1) is 23.7 Å². The first kappa shape index (κ1) is 63.3. The number of rotatable bonds is 24. The van der Waals surface area contributed by atoms with E-state index < -0.39 is 37.5 Å². The van der Waals surface area contributed by atoms with Crippen LogP contribution in [0.1, 0.15) is 237 Å². The summed E-state index contributed by atoms with van der Waals surface area (Å²) in [4.78, 5) is 15.7. The van der Waals surface area contributed by atoms with E-state index in [1.165, 1.54) is 0 Å². The van der Waals surface area contributed by atoms with Crippen molar-refractivity contribution in [3.63, 3.8) is 0 Å². The number of ether oxygens (including phenoxy) is 8. The van der Waals surface area contributed by atoms with Crippen LogP contribution in [-0.4, -0.2) is 89.1 Å². The van der Waals surface area contributed by atoms with Crippen molar-refractivity contribution in [1.82, 2.24) is 0 Å². The average Bonchev–Trinajstić information content (AvgIpc) is 3.35. The van der Waals surface area contributed by atoms with Crippen LogP contribution in [0.25, 0.3) is 0 Å². The predicted molar refractivity (Wildman–Crippen MR) is 284 cm³/mol. The van der Waals surface area contributed by atoms with Gasteiger partial charge in [0, 0.05) is 48.1 Å². The monoisotopic (exact) mass is 983 g/mol. The number of unbranched alkanes of at least 4 members (excludes halogenated alkanes) is 4.